The average Bonchev–Trinajstić information content (AvgIpc) is 3.57. The van der Waals surface area contributed by atoms with Crippen LogP contribution in [0.1, 0.15) is 63.3 Å². The van der Waals surface area contributed by atoms with Gasteiger partial charge < -0.3 is 15.8 Å². The van der Waals surface area contributed by atoms with E-state index in [1.165, 1.54) is 29.3 Å². The van der Waals surface area contributed by atoms with Crippen LogP contribution in [-0.4, -0.2) is 33.5 Å². The van der Waals surface area contributed by atoms with Gasteiger partial charge in [-0.3, -0.25) is 4.98 Å². The Kier molecular flexibility index (Phi) is 7.48. The molecule has 2 aliphatic carbocycles. The maximum absolute atomic E-state index is 13.4. The average molecular weight is 527 g/mol. The van der Waals surface area contributed by atoms with Gasteiger partial charge in [0, 0.05) is 28.3 Å². The number of thiazole rings is 1. The Hall–Kier alpha value is -2.65. The Labute approximate surface area is 219 Å². The summed E-state index contributed by atoms with van der Waals surface area (Å²) >= 11 is 3.69. The lowest BCUT2D eigenvalue weighted by molar-refractivity contribution is 0.109. The molecule has 3 N–H and O–H groups in total. The maximum Gasteiger partial charge on any atom is 0.407 e. The molecule has 0 saturated heterocycles. The van der Waals surface area contributed by atoms with Crippen molar-refractivity contribution in [3.63, 3.8) is 0 Å². The second-order valence-electron chi connectivity index (χ2n) is 9.78. The number of rotatable bonds is 7. The van der Waals surface area contributed by atoms with E-state index in [1.54, 1.807) is 17.4 Å². The van der Waals surface area contributed by atoms with Gasteiger partial charge in [0.2, 0.25) is 0 Å². The van der Waals surface area contributed by atoms with Crippen molar-refractivity contribution in [2.24, 2.45) is 0 Å². The molecule has 1 amide bonds. The number of amides is 1. The third-order valence-corrected chi connectivity index (χ3v) is 9.28. The summed E-state index contributed by atoms with van der Waals surface area (Å²) in [6.07, 6.45) is 6.98. The smallest absolute Gasteiger partial charge is 0.407 e. The Morgan fingerprint density at radius 1 is 1.14 bits per heavy atom. The Bertz CT molecular complexity index is 1220. The summed E-state index contributed by atoms with van der Waals surface area (Å²) in [5.41, 5.74) is 10.5. The van der Waals surface area contributed by atoms with Gasteiger partial charge in [-0.1, -0.05) is 18.2 Å². The van der Waals surface area contributed by atoms with Gasteiger partial charge in [0.05, 0.1) is 38.6 Å². The number of nitrogens with one attached hydrogen (secondary N) is 1. The largest absolute Gasteiger partial charge is 0.447 e. The first kappa shape index (κ1) is 25.0. The second-order valence-corrected chi connectivity index (χ2v) is 12.4. The summed E-state index contributed by atoms with van der Waals surface area (Å²) in [7, 11) is 0. The zero-order valence-electron chi connectivity index (χ0n) is 20.5. The quantitative estimate of drug-likeness (QED) is 0.322. The molecule has 2 heterocycles. The molecule has 3 aromatic rings. The minimum Gasteiger partial charge on any atom is -0.447 e. The maximum atomic E-state index is 13.4. The number of anilines is 1. The van der Waals surface area contributed by atoms with Crippen LogP contribution in [0.25, 0.3) is 22.5 Å². The summed E-state index contributed by atoms with van der Waals surface area (Å²) in [5, 5.41) is 4.79. The first-order chi connectivity index (χ1) is 17.4. The van der Waals surface area contributed by atoms with E-state index in [0.717, 1.165) is 47.5 Å². The molecular formula is C27H31FN4O2S2. The first-order valence-corrected chi connectivity index (χ1v) is 14.2. The molecule has 0 aliphatic heterocycles. The highest BCUT2D eigenvalue weighted by Gasteiger charge is 2.31. The normalized spacial score (nSPS) is 19.9. The molecular weight excluding hydrogens is 495 g/mol. The number of pyridine rings is 1. The van der Waals surface area contributed by atoms with Crippen molar-refractivity contribution >= 4 is 34.9 Å². The fourth-order valence-electron chi connectivity index (χ4n) is 4.51. The molecule has 0 bridgehead atoms. The van der Waals surface area contributed by atoms with Crippen LogP contribution < -0.4 is 11.1 Å². The van der Waals surface area contributed by atoms with Crippen molar-refractivity contribution in [2.75, 3.05) is 5.73 Å². The summed E-state index contributed by atoms with van der Waals surface area (Å²) in [6.45, 7) is 3.71. The first-order valence-electron chi connectivity index (χ1n) is 12.5. The molecule has 0 unspecified atom stereocenters. The third-order valence-electron chi connectivity index (χ3n) is 6.52. The number of hydrogen-bond donors (Lipinski definition) is 2. The van der Waals surface area contributed by atoms with Crippen molar-refractivity contribution in [3.8, 4) is 22.5 Å². The van der Waals surface area contributed by atoms with Crippen LogP contribution in [0.3, 0.4) is 0 Å². The van der Waals surface area contributed by atoms with Gasteiger partial charge in [-0.05, 0) is 64.5 Å². The van der Waals surface area contributed by atoms with Gasteiger partial charge in [-0.2, -0.15) is 0 Å². The fraction of sp³-hybridized carbons (Fsp3) is 0.444. The topological polar surface area (TPSA) is 90.1 Å². The molecule has 5 rings (SSSR count). The fourth-order valence-corrected chi connectivity index (χ4v) is 7.29. The van der Waals surface area contributed by atoms with E-state index in [1.807, 2.05) is 43.8 Å². The summed E-state index contributed by atoms with van der Waals surface area (Å²) < 4.78 is 19.9. The number of nitrogens with two attached hydrogens (primary N) is 1. The number of nitrogens with zero attached hydrogens (tertiary/aromatic N) is 2. The number of benzene rings is 1. The Balaban J connectivity index is 1.37. The van der Waals surface area contributed by atoms with Crippen molar-refractivity contribution in [1.29, 1.82) is 0 Å². The van der Waals surface area contributed by atoms with Crippen molar-refractivity contribution in [3.05, 3.63) is 47.4 Å². The Morgan fingerprint density at radius 2 is 1.89 bits per heavy atom. The van der Waals surface area contributed by atoms with Crippen LogP contribution in [0.4, 0.5) is 14.9 Å². The highest BCUT2D eigenvalue weighted by atomic mass is 32.2. The molecule has 9 heteroatoms. The van der Waals surface area contributed by atoms with Crippen molar-refractivity contribution in [1.82, 2.24) is 15.3 Å². The van der Waals surface area contributed by atoms with Gasteiger partial charge in [-0.15, -0.1) is 23.1 Å². The van der Waals surface area contributed by atoms with Crippen LogP contribution in [0.5, 0.6) is 0 Å². The number of halogens is 1. The number of thioether (sulfide) groups is 1. The molecule has 190 valence electrons. The highest BCUT2D eigenvalue weighted by molar-refractivity contribution is 8.02. The summed E-state index contributed by atoms with van der Waals surface area (Å²) in [4.78, 5) is 21.4. The molecule has 6 nitrogen and oxygen atoms in total. The number of hydrogen-bond acceptors (Lipinski definition) is 7. The van der Waals surface area contributed by atoms with Gasteiger partial charge >= 0.3 is 6.09 Å². The Morgan fingerprint density at radius 3 is 2.56 bits per heavy atom. The highest BCUT2D eigenvalue weighted by Crippen LogP contribution is 2.49. The van der Waals surface area contributed by atoms with Gasteiger partial charge in [0.15, 0.2) is 0 Å². The molecule has 0 spiro atoms. The molecule has 0 atom stereocenters. The minimum absolute atomic E-state index is 0.123. The van der Waals surface area contributed by atoms with Crippen molar-refractivity contribution in [2.45, 2.75) is 79.9 Å². The summed E-state index contributed by atoms with van der Waals surface area (Å²) in [6, 6.07) is 9.09. The predicted octanol–water partition coefficient (Wildman–Crippen LogP) is 7.01. The van der Waals surface area contributed by atoms with Gasteiger partial charge in [-0.25, -0.2) is 14.2 Å². The molecule has 0 radical (unpaired) electrons. The molecule has 2 fully saturated rings. The number of aromatic nitrogens is 2. The van der Waals surface area contributed by atoms with Gasteiger partial charge in [0.25, 0.3) is 0 Å². The number of carbonyl (C=O) groups excluding carboxylic acids is 1. The zero-order chi connectivity index (χ0) is 25.2. The second kappa shape index (κ2) is 10.8. The number of para-hydroxylation sites is 1. The van der Waals surface area contributed by atoms with Crippen LogP contribution >= 0.6 is 23.1 Å². The van der Waals surface area contributed by atoms with Crippen LogP contribution in [0.15, 0.2) is 40.7 Å². The number of ether oxygens (including phenoxy) is 1. The molecule has 36 heavy (non-hydrogen) atoms. The number of carbonyl (C=O) groups is 1. The van der Waals surface area contributed by atoms with Crippen LogP contribution in [0.2, 0.25) is 0 Å². The molecule has 2 aliphatic rings. The van der Waals surface area contributed by atoms with E-state index < -0.39 is 0 Å². The van der Waals surface area contributed by atoms with Crippen LogP contribution in [0, 0.1) is 5.82 Å². The third kappa shape index (κ3) is 5.83. The molecule has 2 saturated carbocycles. The van der Waals surface area contributed by atoms with Crippen LogP contribution in [-0.2, 0) is 4.74 Å². The lowest BCUT2D eigenvalue weighted by Gasteiger charge is -2.28. The molecule has 2 aromatic heterocycles. The van der Waals surface area contributed by atoms with Gasteiger partial charge in [0.1, 0.15) is 5.82 Å². The van der Waals surface area contributed by atoms with E-state index in [4.69, 9.17) is 15.5 Å². The van der Waals surface area contributed by atoms with E-state index >= 15 is 0 Å². The lowest BCUT2D eigenvalue weighted by Crippen LogP contribution is -2.38. The lowest BCUT2D eigenvalue weighted by atomic mass is 9.86. The number of nitrogen functional groups attached to an aromatic ring is 1. The van der Waals surface area contributed by atoms with E-state index in [-0.39, 0.29) is 24.1 Å². The van der Waals surface area contributed by atoms with E-state index in [2.05, 4.69) is 10.3 Å². The minimum atomic E-state index is -0.373. The number of alkyl carbamates (subject to hydrolysis) is 1. The standard InChI is InChI=1S/C27H31FN4O2S2/c1-15(2)34-27(33)31-18-9-6-16(7-10-18)25-32-24(26(36-25)35-19-11-12-19)21-5-3-4-20(23(21)29)22-13-8-17(28)14-30-22/h3-5,8,13-16,18-19H,6-7,9-12,29H2,1-2H3,(H,31,33)/t16-,18-. The predicted molar refractivity (Wildman–Crippen MR) is 144 cm³/mol. The van der Waals surface area contributed by atoms with E-state index in [0.29, 0.717) is 22.5 Å². The van der Waals surface area contributed by atoms with E-state index in [9.17, 15) is 9.18 Å². The monoisotopic (exact) mass is 526 g/mol. The zero-order valence-corrected chi connectivity index (χ0v) is 22.1. The summed E-state index contributed by atoms with van der Waals surface area (Å²) in [5.74, 6) is -0.00730. The molecule has 1 aromatic carbocycles. The SMILES string of the molecule is CC(C)OC(=O)N[C@H]1CC[C@H](c2nc(-c3cccc(-c4ccc(F)cn4)c3N)c(SC3CC3)s2)CC1. The van der Waals surface area contributed by atoms with Crippen molar-refractivity contribution < 1.29 is 13.9 Å².